The summed E-state index contributed by atoms with van der Waals surface area (Å²) in [5.41, 5.74) is 1.86. The van der Waals surface area contributed by atoms with E-state index in [1.807, 2.05) is 54.6 Å². The van der Waals surface area contributed by atoms with Crippen molar-refractivity contribution >= 4 is 33.1 Å². The quantitative estimate of drug-likeness (QED) is 0.425. The monoisotopic (exact) mass is 318 g/mol. The van der Waals surface area contributed by atoms with Crippen molar-refractivity contribution < 1.29 is 4.79 Å². The highest BCUT2D eigenvalue weighted by Crippen LogP contribution is 2.35. The maximum atomic E-state index is 12.8. The zero-order chi connectivity index (χ0) is 15.8. The number of benzene rings is 3. The fourth-order valence-corrected chi connectivity index (χ4v) is 4.44. The van der Waals surface area contributed by atoms with Crippen LogP contribution >= 0.6 is 0 Å². The van der Waals surface area contributed by atoms with Crippen molar-refractivity contribution in [2.24, 2.45) is 0 Å². The number of fused-ring (bicyclic) bond motifs is 2. The summed E-state index contributed by atoms with van der Waals surface area (Å²) in [5.74, 6) is 0.0523. The zero-order valence-electron chi connectivity index (χ0n) is 12.7. The molecule has 112 valence electrons. The molecule has 1 atom stereocenters. The summed E-state index contributed by atoms with van der Waals surface area (Å²) in [6.07, 6.45) is 3.91. The molecule has 23 heavy (non-hydrogen) atoms. The Morgan fingerprint density at radius 3 is 2.57 bits per heavy atom. The molecule has 1 aliphatic heterocycles. The highest BCUT2D eigenvalue weighted by Gasteiger charge is 2.34. The minimum Gasteiger partial charge on any atom is -0.311 e. The molecule has 0 saturated heterocycles. The molecule has 4 rings (SSSR count). The molecule has 0 amide bonds. The van der Waals surface area contributed by atoms with Gasteiger partial charge in [0.15, 0.2) is 10.7 Å². The van der Waals surface area contributed by atoms with Gasteiger partial charge in [-0.3, -0.25) is 4.79 Å². The van der Waals surface area contributed by atoms with Crippen LogP contribution in [-0.2, 0) is 10.9 Å². The normalized spacial score (nSPS) is 18.0. The van der Waals surface area contributed by atoms with Gasteiger partial charge in [-0.25, -0.2) is 0 Å². The Morgan fingerprint density at radius 2 is 1.70 bits per heavy atom. The Balaban J connectivity index is 1.73. The average Bonchev–Trinajstić information content (AvgIpc) is 2.90. The first-order valence-electron chi connectivity index (χ1n) is 7.50. The number of rotatable bonds is 2. The summed E-state index contributed by atoms with van der Waals surface area (Å²) in [4.78, 5) is 14.1. The summed E-state index contributed by atoms with van der Waals surface area (Å²) in [6, 6.07) is 22.1. The summed E-state index contributed by atoms with van der Waals surface area (Å²) in [7, 11) is -0.0845. The number of para-hydroxylation sites is 1. The Hall–Kier alpha value is -2.52. The standard InChI is InChI=1S/C20H15NOS/c1-23-19-12-5-4-11-17(19)21-20(23)13-18(22)16-10-6-8-14-7-2-3-9-15(14)16/h2-13H,1H3/p+1. The fraction of sp³-hybridized carbons (Fsp3) is 0.0500. The first kappa shape index (κ1) is 14.1. The van der Waals surface area contributed by atoms with Crippen LogP contribution in [0.25, 0.3) is 10.8 Å². The van der Waals surface area contributed by atoms with Gasteiger partial charge in [0.25, 0.3) is 0 Å². The molecule has 1 N–H and O–H groups in total. The molecule has 0 radical (unpaired) electrons. The van der Waals surface area contributed by atoms with Crippen molar-refractivity contribution in [3.05, 3.63) is 83.4 Å². The van der Waals surface area contributed by atoms with Crippen molar-refractivity contribution in [2.75, 3.05) is 11.6 Å². The summed E-state index contributed by atoms with van der Waals surface area (Å²) in [5, 5.41) is 6.47. The maximum absolute atomic E-state index is 12.8. The zero-order valence-corrected chi connectivity index (χ0v) is 13.6. The Bertz CT molecular complexity index is 940. The van der Waals surface area contributed by atoms with E-state index >= 15 is 0 Å². The summed E-state index contributed by atoms with van der Waals surface area (Å²) >= 11 is 0. The SMILES string of the molecule is C[S+]1C(=CC(=O)c2cccc3ccccc23)Nc2ccccc21. The predicted octanol–water partition coefficient (Wildman–Crippen LogP) is 4.60. The lowest BCUT2D eigenvalue weighted by molar-refractivity contribution is 0.104. The van der Waals surface area contributed by atoms with Crippen LogP contribution in [-0.4, -0.2) is 12.0 Å². The molecular formula is C20H16NOS+. The minimum atomic E-state index is -0.0845. The molecule has 1 unspecified atom stereocenters. The van der Waals surface area contributed by atoms with E-state index in [-0.39, 0.29) is 16.7 Å². The van der Waals surface area contributed by atoms with Crippen molar-refractivity contribution in [3.8, 4) is 0 Å². The predicted molar refractivity (Wildman–Crippen MR) is 98.0 cm³/mol. The second-order valence-electron chi connectivity index (χ2n) is 5.53. The third-order valence-corrected chi connectivity index (χ3v) is 6.02. The number of anilines is 1. The van der Waals surface area contributed by atoms with Gasteiger partial charge < -0.3 is 5.32 Å². The number of ketones is 1. The second kappa shape index (κ2) is 5.60. The van der Waals surface area contributed by atoms with Gasteiger partial charge in [0, 0.05) is 5.56 Å². The molecule has 0 bridgehead atoms. The Morgan fingerprint density at radius 1 is 0.957 bits per heavy atom. The van der Waals surface area contributed by atoms with Gasteiger partial charge >= 0.3 is 0 Å². The molecule has 3 heteroatoms. The lowest BCUT2D eigenvalue weighted by Crippen LogP contribution is -2.06. The van der Waals surface area contributed by atoms with Gasteiger partial charge in [0.1, 0.15) is 6.26 Å². The van der Waals surface area contributed by atoms with E-state index in [1.165, 1.54) is 4.90 Å². The first-order valence-corrected chi connectivity index (χ1v) is 9.13. The van der Waals surface area contributed by atoms with Gasteiger partial charge in [-0.2, -0.15) is 0 Å². The fourth-order valence-electron chi connectivity index (χ4n) is 2.93. The highest BCUT2D eigenvalue weighted by molar-refractivity contribution is 8.00. The number of nitrogens with one attached hydrogen (secondary N) is 1. The van der Waals surface area contributed by atoms with Crippen molar-refractivity contribution in [3.63, 3.8) is 0 Å². The molecule has 2 nitrogen and oxygen atoms in total. The van der Waals surface area contributed by atoms with Crippen LogP contribution in [0.5, 0.6) is 0 Å². The van der Waals surface area contributed by atoms with Gasteiger partial charge in [0.2, 0.25) is 5.03 Å². The van der Waals surface area contributed by atoms with E-state index in [0.717, 1.165) is 27.1 Å². The minimum absolute atomic E-state index is 0.0523. The summed E-state index contributed by atoms with van der Waals surface area (Å²) < 4.78 is 0. The smallest absolute Gasteiger partial charge is 0.234 e. The molecule has 0 aromatic heterocycles. The van der Waals surface area contributed by atoms with Gasteiger partial charge in [0.05, 0.1) is 22.7 Å². The molecule has 3 aromatic carbocycles. The number of hydrogen-bond donors (Lipinski definition) is 1. The largest absolute Gasteiger partial charge is 0.311 e. The lowest BCUT2D eigenvalue weighted by atomic mass is 10.0. The van der Waals surface area contributed by atoms with E-state index < -0.39 is 0 Å². The van der Waals surface area contributed by atoms with Gasteiger partial charge in [-0.1, -0.05) is 54.6 Å². The van der Waals surface area contributed by atoms with Crippen LogP contribution in [0.1, 0.15) is 10.4 Å². The Kier molecular flexibility index (Phi) is 3.43. The second-order valence-corrected chi connectivity index (χ2v) is 7.43. The third kappa shape index (κ3) is 2.43. The van der Waals surface area contributed by atoms with Crippen LogP contribution < -0.4 is 5.32 Å². The molecule has 0 spiro atoms. The van der Waals surface area contributed by atoms with Crippen LogP contribution in [0, 0.1) is 0 Å². The van der Waals surface area contributed by atoms with Gasteiger partial charge in [-0.05, 0) is 22.9 Å². The number of hydrogen-bond acceptors (Lipinski definition) is 2. The van der Waals surface area contributed by atoms with E-state index in [2.05, 4.69) is 23.7 Å². The van der Waals surface area contributed by atoms with E-state index in [0.29, 0.717) is 0 Å². The molecule has 3 aromatic rings. The van der Waals surface area contributed by atoms with Crippen molar-refractivity contribution in [1.29, 1.82) is 0 Å². The number of carbonyl (C=O) groups excluding carboxylic acids is 1. The van der Waals surface area contributed by atoms with Crippen LogP contribution in [0.2, 0.25) is 0 Å². The van der Waals surface area contributed by atoms with Crippen LogP contribution in [0.3, 0.4) is 0 Å². The van der Waals surface area contributed by atoms with Crippen molar-refractivity contribution in [2.45, 2.75) is 4.90 Å². The van der Waals surface area contributed by atoms with E-state index in [4.69, 9.17) is 0 Å². The molecular weight excluding hydrogens is 302 g/mol. The molecule has 1 aliphatic rings. The lowest BCUT2D eigenvalue weighted by Gasteiger charge is -2.03. The highest BCUT2D eigenvalue weighted by atomic mass is 32.2. The van der Waals surface area contributed by atoms with E-state index in [9.17, 15) is 4.79 Å². The van der Waals surface area contributed by atoms with Gasteiger partial charge in [-0.15, -0.1) is 0 Å². The van der Waals surface area contributed by atoms with Crippen LogP contribution in [0.4, 0.5) is 5.69 Å². The molecule has 0 saturated carbocycles. The first-order chi connectivity index (χ1) is 11.2. The van der Waals surface area contributed by atoms with Crippen LogP contribution in [0.15, 0.2) is 82.7 Å². The van der Waals surface area contributed by atoms with Crippen molar-refractivity contribution in [1.82, 2.24) is 0 Å². The maximum Gasteiger partial charge on any atom is 0.234 e. The molecule has 0 aliphatic carbocycles. The number of carbonyl (C=O) groups is 1. The topological polar surface area (TPSA) is 29.1 Å². The number of allylic oxidation sites excluding steroid dienone is 1. The van der Waals surface area contributed by atoms with E-state index in [1.54, 1.807) is 6.08 Å². The molecule has 0 fully saturated rings. The molecule has 1 heterocycles. The summed E-state index contributed by atoms with van der Waals surface area (Å²) in [6.45, 7) is 0. The third-order valence-electron chi connectivity index (χ3n) is 4.12. The average molecular weight is 318 g/mol. The Labute approximate surface area is 138 Å².